The second-order valence-corrected chi connectivity index (χ2v) is 2.22. The average molecular weight is 188 g/mol. The quantitative estimate of drug-likeness (QED) is 0.691. The summed E-state index contributed by atoms with van der Waals surface area (Å²) in [4.78, 5) is 22.8. The number of hydrogen-bond acceptors (Lipinski definition) is 2. The minimum Gasteiger partial charge on any atom is -0.324 e. The fourth-order valence-corrected chi connectivity index (χ4v) is 0.793. The van der Waals surface area contributed by atoms with Gasteiger partial charge in [-0.1, -0.05) is 0 Å². The molecule has 0 aromatic carbocycles. The largest absolute Gasteiger partial charge is 0.324 e. The van der Waals surface area contributed by atoms with Gasteiger partial charge in [-0.25, -0.2) is 8.78 Å². The molecule has 0 spiro atoms. The number of pyridine rings is 1. The second kappa shape index (κ2) is 3.79. The number of carbonyl (C=O) groups excluding carboxylic acids is 1. The molecule has 1 aromatic rings. The van der Waals surface area contributed by atoms with E-state index in [0.717, 1.165) is 12.1 Å². The molecule has 0 fully saturated rings. The van der Waals surface area contributed by atoms with E-state index < -0.39 is 17.7 Å². The minimum atomic E-state index is -2.72. The van der Waals surface area contributed by atoms with Crippen LogP contribution in [0.15, 0.2) is 16.9 Å². The Morgan fingerprint density at radius 1 is 1.46 bits per heavy atom. The number of anilines is 1. The van der Waals surface area contributed by atoms with Gasteiger partial charge in [0.05, 0.1) is 5.69 Å². The first-order valence-electron chi connectivity index (χ1n) is 3.36. The normalized spacial score (nSPS) is 10.1. The first-order valence-corrected chi connectivity index (χ1v) is 3.36. The van der Waals surface area contributed by atoms with Crippen LogP contribution in [0.2, 0.25) is 0 Å². The van der Waals surface area contributed by atoms with Crippen molar-refractivity contribution in [3.8, 4) is 0 Å². The van der Waals surface area contributed by atoms with Crippen molar-refractivity contribution in [3.63, 3.8) is 0 Å². The number of aromatic nitrogens is 1. The smallest absolute Gasteiger partial charge is 0.278 e. The summed E-state index contributed by atoms with van der Waals surface area (Å²) in [6.45, 7) is 0. The molecule has 0 aliphatic carbocycles. The first-order chi connectivity index (χ1) is 6.15. The third kappa shape index (κ3) is 2.11. The zero-order valence-electron chi connectivity index (χ0n) is 6.38. The van der Waals surface area contributed by atoms with E-state index in [-0.39, 0.29) is 5.69 Å². The Morgan fingerprint density at radius 2 is 2.15 bits per heavy atom. The van der Waals surface area contributed by atoms with Crippen LogP contribution in [-0.4, -0.2) is 11.4 Å². The summed E-state index contributed by atoms with van der Waals surface area (Å²) in [6.07, 6.45) is -2.43. The molecule has 4 nitrogen and oxygen atoms in total. The van der Waals surface area contributed by atoms with Gasteiger partial charge in [0.15, 0.2) is 0 Å². The van der Waals surface area contributed by atoms with Crippen molar-refractivity contribution in [2.24, 2.45) is 0 Å². The Kier molecular flexibility index (Phi) is 2.73. The number of rotatable bonds is 3. The van der Waals surface area contributed by atoms with E-state index in [2.05, 4.69) is 5.32 Å². The van der Waals surface area contributed by atoms with Crippen LogP contribution in [0.4, 0.5) is 14.5 Å². The van der Waals surface area contributed by atoms with Crippen molar-refractivity contribution in [2.75, 3.05) is 5.32 Å². The SMILES string of the molecule is O=CNc1ccc(C(F)F)[nH]c1=O. The lowest BCUT2D eigenvalue weighted by Crippen LogP contribution is -2.14. The van der Waals surface area contributed by atoms with Gasteiger partial charge in [-0.15, -0.1) is 0 Å². The van der Waals surface area contributed by atoms with E-state index in [9.17, 15) is 18.4 Å². The number of hydrogen-bond donors (Lipinski definition) is 2. The number of aromatic amines is 1. The summed E-state index contributed by atoms with van der Waals surface area (Å²) < 4.78 is 24.0. The van der Waals surface area contributed by atoms with Crippen molar-refractivity contribution in [1.82, 2.24) is 4.98 Å². The lowest BCUT2D eigenvalue weighted by atomic mass is 10.3. The van der Waals surface area contributed by atoms with Gasteiger partial charge in [-0.05, 0) is 12.1 Å². The molecule has 6 heteroatoms. The molecule has 0 atom stereocenters. The number of H-pyrrole nitrogens is 1. The third-order valence-corrected chi connectivity index (χ3v) is 1.38. The molecule has 13 heavy (non-hydrogen) atoms. The van der Waals surface area contributed by atoms with Crippen molar-refractivity contribution < 1.29 is 13.6 Å². The van der Waals surface area contributed by atoms with E-state index in [1.54, 1.807) is 0 Å². The van der Waals surface area contributed by atoms with E-state index >= 15 is 0 Å². The zero-order chi connectivity index (χ0) is 9.84. The summed E-state index contributed by atoms with van der Waals surface area (Å²) in [7, 11) is 0. The minimum absolute atomic E-state index is 0.0561. The van der Waals surface area contributed by atoms with Crippen molar-refractivity contribution >= 4 is 12.1 Å². The van der Waals surface area contributed by atoms with Gasteiger partial charge in [0, 0.05) is 0 Å². The molecule has 0 bridgehead atoms. The van der Waals surface area contributed by atoms with Crippen LogP contribution in [0.1, 0.15) is 12.1 Å². The summed E-state index contributed by atoms with van der Waals surface area (Å²) in [5.74, 6) is 0. The molecule has 70 valence electrons. The highest BCUT2D eigenvalue weighted by molar-refractivity contribution is 5.70. The number of carbonyl (C=O) groups is 1. The van der Waals surface area contributed by atoms with E-state index in [1.165, 1.54) is 0 Å². The fraction of sp³-hybridized carbons (Fsp3) is 0.143. The van der Waals surface area contributed by atoms with Crippen molar-refractivity contribution in [1.29, 1.82) is 0 Å². The Labute approximate surface area is 71.6 Å². The fourth-order valence-electron chi connectivity index (χ4n) is 0.793. The highest BCUT2D eigenvalue weighted by Crippen LogP contribution is 2.14. The molecular weight excluding hydrogens is 182 g/mol. The molecule has 0 unspecified atom stereocenters. The Morgan fingerprint density at radius 3 is 2.62 bits per heavy atom. The molecule has 1 amide bonds. The van der Waals surface area contributed by atoms with Crippen LogP contribution >= 0.6 is 0 Å². The molecular formula is C7H6F2N2O2. The van der Waals surface area contributed by atoms with Crippen molar-refractivity contribution in [3.05, 3.63) is 28.2 Å². The maximum absolute atomic E-state index is 12.0. The Balaban J connectivity index is 3.05. The number of halogens is 2. The number of nitrogens with one attached hydrogen (secondary N) is 2. The van der Waals surface area contributed by atoms with Crippen LogP contribution in [0.25, 0.3) is 0 Å². The van der Waals surface area contributed by atoms with Crippen LogP contribution < -0.4 is 10.9 Å². The molecule has 2 N–H and O–H groups in total. The van der Waals surface area contributed by atoms with Gasteiger partial charge in [-0.2, -0.15) is 0 Å². The first kappa shape index (κ1) is 9.37. The summed E-state index contributed by atoms with van der Waals surface area (Å²) >= 11 is 0. The monoisotopic (exact) mass is 188 g/mol. The molecule has 1 aromatic heterocycles. The molecule has 0 aliphatic heterocycles. The van der Waals surface area contributed by atoms with Crippen molar-refractivity contribution in [2.45, 2.75) is 6.43 Å². The van der Waals surface area contributed by atoms with Gasteiger partial charge in [0.25, 0.3) is 12.0 Å². The third-order valence-electron chi connectivity index (χ3n) is 1.38. The predicted molar refractivity (Wildman–Crippen MR) is 41.7 cm³/mol. The van der Waals surface area contributed by atoms with Crippen LogP contribution in [0.3, 0.4) is 0 Å². The molecule has 0 aliphatic rings. The topological polar surface area (TPSA) is 62.0 Å². The Hall–Kier alpha value is -1.72. The summed E-state index contributed by atoms with van der Waals surface area (Å²) in [5, 5.41) is 2.07. The zero-order valence-corrected chi connectivity index (χ0v) is 6.38. The average Bonchev–Trinajstić information content (AvgIpc) is 2.08. The van der Waals surface area contributed by atoms with E-state index in [0.29, 0.717) is 6.41 Å². The van der Waals surface area contributed by atoms with Crippen LogP contribution in [0.5, 0.6) is 0 Å². The standard InChI is InChI=1S/C7H6F2N2O2/c8-6(9)4-1-2-5(10-3-12)7(13)11-4/h1-3,6H,(H,10,12)(H,11,13). The van der Waals surface area contributed by atoms with Gasteiger partial charge >= 0.3 is 0 Å². The maximum atomic E-state index is 12.0. The molecule has 0 radical (unpaired) electrons. The molecule has 1 rings (SSSR count). The summed E-state index contributed by atoms with van der Waals surface area (Å²) in [6, 6.07) is 2.16. The van der Waals surface area contributed by atoms with Crippen LogP contribution in [-0.2, 0) is 4.79 Å². The lowest BCUT2D eigenvalue weighted by molar-refractivity contribution is -0.105. The van der Waals surface area contributed by atoms with E-state index in [4.69, 9.17) is 0 Å². The van der Waals surface area contributed by atoms with Gasteiger partial charge < -0.3 is 10.3 Å². The molecule has 0 saturated carbocycles. The lowest BCUT2D eigenvalue weighted by Gasteiger charge is -2.00. The summed E-state index contributed by atoms with van der Waals surface area (Å²) in [5.41, 5.74) is -1.27. The van der Waals surface area contributed by atoms with Crippen LogP contribution in [0, 0.1) is 0 Å². The van der Waals surface area contributed by atoms with Gasteiger partial charge in [0.2, 0.25) is 6.41 Å². The number of alkyl halides is 2. The van der Waals surface area contributed by atoms with Gasteiger partial charge in [0.1, 0.15) is 5.69 Å². The second-order valence-electron chi connectivity index (χ2n) is 2.22. The highest BCUT2D eigenvalue weighted by atomic mass is 19.3. The highest BCUT2D eigenvalue weighted by Gasteiger charge is 2.08. The Bertz CT molecular complexity index is 362. The van der Waals surface area contributed by atoms with E-state index in [1.807, 2.05) is 4.98 Å². The molecule has 0 saturated heterocycles. The van der Waals surface area contributed by atoms with Gasteiger partial charge in [-0.3, -0.25) is 9.59 Å². The maximum Gasteiger partial charge on any atom is 0.278 e. The predicted octanol–water partition coefficient (Wildman–Crippen LogP) is 0.881. The molecule has 1 heterocycles. The number of amides is 1.